The number of aryl methyl sites for hydroxylation is 1. The van der Waals surface area contributed by atoms with Gasteiger partial charge in [-0.15, -0.1) is 0 Å². The van der Waals surface area contributed by atoms with Crippen LogP contribution in [0.5, 0.6) is 5.75 Å². The SMILES string of the molecule is Cc1ncc(CO)c(CNC(C)C)c1O. The van der Waals surface area contributed by atoms with Gasteiger partial charge in [0.15, 0.2) is 0 Å². The van der Waals surface area contributed by atoms with E-state index in [4.69, 9.17) is 5.11 Å². The summed E-state index contributed by atoms with van der Waals surface area (Å²) < 4.78 is 0. The van der Waals surface area contributed by atoms with Gasteiger partial charge in [-0.3, -0.25) is 4.98 Å². The number of aliphatic hydroxyl groups excluding tert-OH is 1. The fourth-order valence-electron chi connectivity index (χ4n) is 1.32. The second-order valence-electron chi connectivity index (χ2n) is 3.89. The summed E-state index contributed by atoms with van der Waals surface area (Å²) in [7, 11) is 0. The van der Waals surface area contributed by atoms with E-state index in [1.165, 1.54) is 0 Å². The molecule has 0 saturated heterocycles. The van der Waals surface area contributed by atoms with E-state index < -0.39 is 0 Å². The van der Waals surface area contributed by atoms with Gasteiger partial charge in [0.2, 0.25) is 0 Å². The molecular weight excluding hydrogens is 192 g/mol. The predicted octanol–water partition coefficient (Wildman–Crippen LogP) is 1.09. The minimum absolute atomic E-state index is 0.101. The van der Waals surface area contributed by atoms with Crippen LogP contribution in [0.25, 0.3) is 0 Å². The van der Waals surface area contributed by atoms with Crippen molar-refractivity contribution in [3.05, 3.63) is 23.0 Å². The lowest BCUT2D eigenvalue weighted by Crippen LogP contribution is -2.22. The zero-order chi connectivity index (χ0) is 11.4. The van der Waals surface area contributed by atoms with Gasteiger partial charge in [0.05, 0.1) is 12.3 Å². The maximum absolute atomic E-state index is 9.81. The molecule has 0 spiro atoms. The first kappa shape index (κ1) is 11.9. The van der Waals surface area contributed by atoms with E-state index in [-0.39, 0.29) is 12.4 Å². The van der Waals surface area contributed by atoms with Crippen molar-refractivity contribution in [3.8, 4) is 5.75 Å². The number of hydrogen-bond acceptors (Lipinski definition) is 4. The van der Waals surface area contributed by atoms with Gasteiger partial charge < -0.3 is 15.5 Å². The van der Waals surface area contributed by atoms with Crippen LogP contribution in [0, 0.1) is 6.92 Å². The van der Waals surface area contributed by atoms with Crippen LogP contribution >= 0.6 is 0 Å². The topological polar surface area (TPSA) is 65.4 Å². The number of rotatable bonds is 4. The Morgan fingerprint density at radius 3 is 2.67 bits per heavy atom. The van der Waals surface area contributed by atoms with Crippen LogP contribution in [0.4, 0.5) is 0 Å². The molecule has 15 heavy (non-hydrogen) atoms. The normalized spacial score (nSPS) is 11.0. The molecule has 0 radical (unpaired) electrons. The zero-order valence-electron chi connectivity index (χ0n) is 9.41. The molecule has 4 nitrogen and oxygen atoms in total. The Balaban J connectivity index is 2.96. The van der Waals surface area contributed by atoms with E-state index in [2.05, 4.69) is 10.3 Å². The first-order valence-electron chi connectivity index (χ1n) is 5.06. The Hall–Kier alpha value is -1.13. The summed E-state index contributed by atoms with van der Waals surface area (Å²) in [5.41, 5.74) is 2.00. The van der Waals surface area contributed by atoms with Crippen LogP contribution in [-0.4, -0.2) is 21.2 Å². The summed E-state index contributed by atoms with van der Waals surface area (Å²) >= 11 is 0. The van der Waals surface area contributed by atoms with Crippen molar-refractivity contribution >= 4 is 0 Å². The molecule has 0 aliphatic heterocycles. The molecule has 84 valence electrons. The van der Waals surface area contributed by atoms with Gasteiger partial charge in [-0.2, -0.15) is 0 Å². The van der Waals surface area contributed by atoms with Gasteiger partial charge in [-0.1, -0.05) is 13.8 Å². The molecule has 3 N–H and O–H groups in total. The van der Waals surface area contributed by atoms with Crippen LogP contribution in [0.15, 0.2) is 6.20 Å². The van der Waals surface area contributed by atoms with Crippen molar-refractivity contribution in [1.29, 1.82) is 0 Å². The largest absolute Gasteiger partial charge is 0.506 e. The molecule has 0 aliphatic carbocycles. The van der Waals surface area contributed by atoms with E-state index in [1.54, 1.807) is 13.1 Å². The summed E-state index contributed by atoms with van der Waals surface area (Å²) in [5, 5.41) is 22.1. The second-order valence-corrected chi connectivity index (χ2v) is 3.89. The van der Waals surface area contributed by atoms with Crippen molar-refractivity contribution < 1.29 is 10.2 Å². The molecule has 0 unspecified atom stereocenters. The third-order valence-electron chi connectivity index (χ3n) is 2.29. The summed E-state index contributed by atoms with van der Waals surface area (Å²) in [6.07, 6.45) is 1.60. The molecule has 0 fully saturated rings. The Kier molecular flexibility index (Phi) is 4.05. The highest BCUT2D eigenvalue weighted by Crippen LogP contribution is 2.23. The van der Waals surface area contributed by atoms with Crippen LogP contribution in [0.1, 0.15) is 30.7 Å². The predicted molar refractivity (Wildman–Crippen MR) is 58.5 cm³/mol. The highest BCUT2D eigenvalue weighted by atomic mass is 16.3. The third-order valence-corrected chi connectivity index (χ3v) is 2.29. The number of pyridine rings is 1. The summed E-state index contributed by atoms with van der Waals surface area (Å²) in [4.78, 5) is 4.00. The first-order valence-corrected chi connectivity index (χ1v) is 5.06. The molecule has 0 atom stereocenters. The highest BCUT2D eigenvalue weighted by Gasteiger charge is 2.11. The fourth-order valence-corrected chi connectivity index (χ4v) is 1.32. The van der Waals surface area contributed by atoms with E-state index >= 15 is 0 Å². The summed E-state index contributed by atoms with van der Waals surface area (Å²) in [5.74, 6) is 0.176. The third kappa shape index (κ3) is 2.91. The number of aromatic nitrogens is 1. The van der Waals surface area contributed by atoms with E-state index in [0.717, 1.165) is 5.56 Å². The van der Waals surface area contributed by atoms with Crippen molar-refractivity contribution in [2.24, 2.45) is 0 Å². The van der Waals surface area contributed by atoms with Gasteiger partial charge >= 0.3 is 0 Å². The van der Waals surface area contributed by atoms with Crippen LogP contribution in [-0.2, 0) is 13.2 Å². The smallest absolute Gasteiger partial charge is 0.141 e. The Morgan fingerprint density at radius 2 is 2.13 bits per heavy atom. The minimum atomic E-state index is -0.101. The van der Waals surface area contributed by atoms with Crippen molar-refractivity contribution in [2.75, 3.05) is 0 Å². The highest BCUT2D eigenvalue weighted by molar-refractivity contribution is 5.40. The minimum Gasteiger partial charge on any atom is -0.506 e. The number of aliphatic hydroxyl groups is 1. The van der Waals surface area contributed by atoms with Gasteiger partial charge in [-0.25, -0.2) is 0 Å². The number of aromatic hydroxyl groups is 1. The molecule has 0 aliphatic rings. The van der Waals surface area contributed by atoms with Gasteiger partial charge in [0, 0.05) is 29.9 Å². The summed E-state index contributed by atoms with van der Waals surface area (Å²) in [6, 6.07) is 0.337. The maximum Gasteiger partial charge on any atom is 0.141 e. The average molecular weight is 210 g/mol. The molecule has 0 aromatic carbocycles. The number of nitrogens with one attached hydrogen (secondary N) is 1. The lowest BCUT2D eigenvalue weighted by atomic mass is 10.1. The van der Waals surface area contributed by atoms with Gasteiger partial charge in [-0.05, 0) is 6.92 Å². The molecule has 1 heterocycles. The van der Waals surface area contributed by atoms with Gasteiger partial charge in [0.25, 0.3) is 0 Å². The molecule has 1 rings (SSSR count). The van der Waals surface area contributed by atoms with Crippen molar-refractivity contribution in [3.63, 3.8) is 0 Å². The van der Waals surface area contributed by atoms with Gasteiger partial charge in [0.1, 0.15) is 5.75 Å². The standard InChI is InChI=1S/C11H18N2O2/c1-7(2)12-5-10-9(6-14)4-13-8(3)11(10)15/h4,7,12,14-15H,5-6H2,1-3H3. The van der Waals surface area contributed by atoms with Crippen LogP contribution < -0.4 is 5.32 Å². The molecule has 0 amide bonds. The molecule has 1 aromatic heterocycles. The Morgan fingerprint density at radius 1 is 1.47 bits per heavy atom. The quantitative estimate of drug-likeness (QED) is 0.696. The zero-order valence-corrected chi connectivity index (χ0v) is 9.41. The molecule has 0 bridgehead atoms. The first-order chi connectivity index (χ1) is 7.06. The van der Waals surface area contributed by atoms with Crippen molar-refractivity contribution in [2.45, 2.75) is 40.0 Å². The van der Waals surface area contributed by atoms with E-state index in [0.29, 0.717) is 23.8 Å². The van der Waals surface area contributed by atoms with Crippen LogP contribution in [0.2, 0.25) is 0 Å². The lowest BCUT2D eigenvalue weighted by molar-refractivity contribution is 0.278. The van der Waals surface area contributed by atoms with E-state index in [9.17, 15) is 5.11 Å². The Labute approximate surface area is 90.0 Å². The molecule has 0 saturated carbocycles. The molecular formula is C11H18N2O2. The lowest BCUT2D eigenvalue weighted by Gasteiger charge is -2.13. The second kappa shape index (κ2) is 5.09. The average Bonchev–Trinajstić information content (AvgIpc) is 2.20. The van der Waals surface area contributed by atoms with Crippen LogP contribution in [0.3, 0.4) is 0 Å². The maximum atomic E-state index is 9.81. The Bertz CT molecular complexity index is 338. The van der Waals surface area contributed by atoms with E-state index in [1.807, 2.05) is 13.8 Å². The summed E-state index contributed by atoms with van der Waals surface area (Å²) in [6.45, 7) is 6.25. The fraction of sp³-hybridized carbons (Fsp3) is 0.545. The number of nitrogens with zero attached hydrogens (tertiary/aromatic N) is 1. The number of hydrogen-bond donors (Lipinski definition) is 3. The molecule has 4 heteroatoms. The monoisotopic (exact) mass is 210 g/mol. The van der Waals surface area contributed by atoms with Crippen molar-refractivity contribution in [1.82, 2.24) is 10.3 Å². The molecule has 1 aromatic rings.